The second-order valence-electron chi connectivity index (χ2n) is 5.56. The van der Waals surface area contributed by atoms with Crippen molar-refractivity contribution < 1.29 is 28.5 Å². The van der Waals surface area contributed by atoms with E-state index in [4.69, 9.17) is 18.9 Å². The number of nitrogens with one attached hydrogen (secondary N) is 3. The van der Waals surface area contributed by atoms with Crippen LogP contribution in [0.3, 0.4) is 0 Å². The van der Waals surface area contributed by atoms with Gasteiger partial charge in [0.1, 0.15) is 0 Å². The van der Waals surface area contributed by atoms with Gasteiger partial charge in [-0.25, -0.2) is 10.2 Å². The van der Waals surface area contributed by atoms with Crippen LogP contribution >= 0.6 is 0 Å². The van der Waals surface area contributed by atoms with Crippen molar-refractivity contribution in [3.05, 3.63) is 42.0 Å². The van der Waals surface area contributed by atoms with E-state index in [1.807, 2.05) is 0 Å². The molecule has 9 nitrogen and oxygen atoms in total. The smallest absolute Gasteiger partial charge is 0.337 e. The predicted octanol–water partition coefficient (Wildman–Crippen LogP) is 2.12. The lowest BCUT2D eigenvalue weighted by molar-refractivity contribution is -0.121. The number of urea groups is 1. The fourth-order valence-electron chi connectivity index (χ4n) is 2.42. The third-order valence-electron chi connectivity index (χ3n) is 3.77. The molecule has 150 valence electrons. The van der Waals surface area contributed by atoms with Gasteiger partial charge in [-0.3, -0.25) is 10.2 Å². The van der Waals surface area contributed by atoms with Crippen LogP contribution in [0.5, 0.6) is 23.0 Å². The summed E-state index contributed by atoms with van der Waals surface area (Å²) in [4.78, 5) is 24.0. The van der Waals surface area contributed by atoms with Gasteiger partial charge in [0.25, 0.3) is 0 Å². The lowest BCUT2D eigenvalue weighted by atomic mass is 10.1. The molecule has 2 aromatic rings. The molecule has 0 saturated carbocycles. The van der Waals surface area contributed by atoms with Crippen LogP contribution in [0.4, 0.5) is 10.5 Å². The summed E-state index contributed by atoms with van der Waals surface area (Å²) in [7, 11) is 6.06. The minimum absolute atomic E-state index is 0.0526. The number of amides is 3. The summed E-state index contributed by atoms with van der Waals surface area (Å²) in [6, 6.07) is 9.44. The van der Waals surface area contributed by atoms with Gasteiger partial charge in [-0.15, -0.1) is 0 Å². The third-order valence-corrected chi connectivity index (χ3v) is 3.77. The Morgan fingerprint density at radius 2 is 1.32 bits per heavy atom. The fraction of sp³-hybridized carbons (Fsp3) is 0.263. The van der Waals surface area contributed by atoms with E-state index in [-0.39, 0.29) is 6.42 Å². The predicted molar refractivity (Wildman–Crippen MR) is 103 cm³/mol. The van der Waals surface area contributed by atoms with Crippen molar-refractivity contribution in [2.45, 2.75) is 6.42 Å². The summed E-state index contributed by atoms with van der Waals surface area (Å²) >= 11 is 0. The Labute approximate surface area is 162 Å². The molecule has 0 heterocycles. The van der Waals surface area contributed by atoms with Gasteiger partial charge in [0.2, 0.25) is 5.91 Å². The molecule has 0 saturated heterocycles. The topological polar surface area (TPSA) is 107 Å². The van der Waals surface area contributed by atoms with Gasteiger partial charge >= 0.3 is 6.03 Å². The van der Waals surface area contributed by atoms with Crippen LogP contribution < -0.4 is 35.1 Å². The molecule has 0 unspecified atom stereocenters. The van der Waals surface area contributed by atoms with Crippen molar-refractivity contribution >= 4 is 17.6 Å². The molecule has 9 heteroatoms. The maximum atomic E-state index is 12.0. The summed E-state index contributed by atoms with van der Waals surface area (Å²) in [5.74, 6) is 1.70. The standard InChI is InChI=1S/C19H23N3O6/c1-25-14-7-5-12(9-16(14)27-3)10-18(23)21-22-19(24)20-13-6-8-15(26-2)17(11-13)28-4/h5-9,11H,10H2,1-4H3,(H,21,23)(H2,20,22,24). The zero-order valence-electron chi connectivity index (χ0n) is 16.1. The van der Waals surface area contributed by atoms with E-state index in [1.165, 1.54) is 28.4 Å². The molecule has 0 aromatic heterocycles. The summed E-state index contributed by atoms with van der Waals surface area (Å²) in [5, 5.41) is 2.58. The Hall–Kier alpha value is -3.62. The van der Waals surface area contributed by atoms with Crippen LogP contribution in [0, 0.1) is 0 Å². The van der Waals surface area contributed by atoms with Crippen molar-refractivity contribution in [3.8, 4) is 23.0 Å². The maximum absolute atomic E-state index is 12.0. The minimum Gasteiger partial charge on any atom is -0.493 e. The number of carbonyl (C=O) groups is 2. The van der Waals surface area contributed by atoms with Crippen molar-refractivity contribution in [1.29, 1.82) is 0 Å². The Morgan fingerprint density at radius 3 is 1.93 bits per heavy atom. The lowest BCUT2D eigenvalue weighted by Crippen LogP contribution is -2.44. The monoisotopic (exact) mass is 389 g/mol. The molecule has 0 aliphatic rings. The lowest BCUT2D eigenvalue weighted by Gasteiger charge is -2.12. The largest absolute Gasteiger partial charge is 0.493 e. The first-order valence-electron chi connectivity index (χ1n) is 8.29. The molecule has 0 aliphatic carbocycles. The van der Waals surface area contributed by atoms with Gasteiger partial charge in [-0.1, -0.05) is 6.07 Å². The minimum atomic E-state index is -0.604. The van der Waals surface area contributed by atoms with E-state index in [0.717, 1.165) is 0 Å². The average Bonchev–Trinajstić information content (AvgIpc) is 2.72. The SMILES string of the molecule is COc1ccc(CC(=O)NNC(=O)Nc2ccc(OC)c(OC)c2)cc1OC. The second kappa shape index (κ2) is 9.91. The number of benzene rings is 2. The van der Waals surface area contributed by atoms with Crippen LogP contribution in [0.1, 0.15) is 5.56 Å². The molecule has 0 fully saturated rings. The summed E-state index contributed by atoms with van der Waals surface area (Å²) in [6.07, 6.45) is 0.0526. The first-order chi connectivity index (χ1) is 13.5. The molecule has 2 aromatic carbocycles. The molecule has 0 atom stereocenters. The molecule has 3 amide bonds. The van der Waals surface area contributed by atoms with Crippen LogP contribution in [-0.4, -0.2) is 40.4 Å². The van der Waals surface area contributed by atoms with Crippen molar-refractivity contribution in [2.24, 2.45) is 0 Å². The molecular formula is C19H23N3O6. The van der Waals surface area contributed by atoms with Gasteiger partial charge in [0.15, 0.2) is 23.0 Å². The van der Waals surface area contributed by atoms with Crippen molar-refractivity contribution in [1.82, 2.24) is 10.9 Å². The summed E-state index contributed by atoms with van der Waals surface area (Å²) < 4.78 is 20.7. The highest BCUT2D eigenvalue weighted by molar-refractivity contribution is 5.91. The quantitative estimate of drug-likeness (QED) is 0.626. The van der Waals surface area contributed by atoms with Crippen molar-refractivity contribution in [2.75, 3.05) is 33.8 Å². The normalized spacial score (nSPS) is 9.86. The highest BCUT2D eigenvalue weighted by Gasteiger charge is 2.10. The number of hydrogen-bond acceptors (Lipinski definition) is 6. The van der Waals surface area contributed by atoms with Crippen LogP contribution in [-0.2, 0) is 11.2 Å². The number of carbonyl (C=O) groups excluding carboxylic acids is 2. The Morgan fingerprint density at radius 1 is 0.750 bits per heavy atom. The van der Waals surface area contributed by atoms with E-state index in [0.29, 0.717) is 34.2 Å². The zero-order valence-corrected chi connectivity index (χ0v) is 16.1. The molecule has 2 rings (SSSR count). The molecule has 0 spiro atoms. The molecule has 0 aliphatic heterocycles. The van der Waals surface area contributed by atoms with E-state index in [9.17, 15) is 9.59 Å². The van der Waals surface area contributed by atoms with Gasteiger partial charge in [-0.05, 0) is 29.8 Å². The number of anilines is 1. The highest BCUT2D eigenvalue weighted by Crippen LogP contribution is 2.29. The molecule has 0 bridgehead atoms. The molecular weight excluding hydrogens is 366 g/mol. The maximum Gasteiger partial charge on any atom is 0.337 e. The molecule has 28 heavy (non-hydrogen) atoms. The van der Waals surface area contributed by atoms with Crippen molar-refractivity contribution in [3.63, 3.8) is 0 Å². The van der Waals surface area contributed by atoms with Gasteiger partial charge in [0.05, 0.1) is 34.9 Å². The Balaban J connectivity index is 1.88. The number of rotatable bonds is 7. The first-order valence-corrected chi connectivity index (χ1v) is 8.29. The average molecular weight is 389 g/mol. The van der Waals surface area contributed by atoms with E-state index >= 15 is 0 Å². The zero-order chi connectivity index (χ0) is 20.5. The molecule has 0 radical (unpaired) electrons. The van der Waals surface area contributed by atoms with Gasteiger partial charge in [-0.2, -0.15) is 0 Å². The van der Waals surface area contributed by atoms with E-state index in [2.05, 4.69) is 16.2 Å². The Kier molecular flexibility index (Phi) is 7.32. The third kappa shape index (κ3) is 5.44. The number of ether oxygens (including phenoxy) is 4. The molecule has 3 N–H and O–H groups in total. The Bertz CT molecular complexity index is 771. The number of hydrogen-bond donors (Lipinski definition) is 3. The second-order valence-corrected chi connectivity index (χ2v) is 5.56. The fourth-order valence-corrected chi connectivity index (χ4v) is 2.42. The number of methoxy groups -OCH3 is 4. The summed E-state index contributed by atoms with van der Waals surface area (Å²) in [6.45, 7) is 0. The van der Waals surface area contributed by atoms with Gasteiger partial charge in [0, 0.05) is 11.8 Å². The first kappa shape index (κ1) is 20.7. The van der Waals surface area contributed by atoms with E-state index < -0.39 is 11.9 Å². The van der Waals surface area contributed by atoms with Crippen LogP contribution in [0.25, 0.3) is 0 Å². The van der Waals surface area contributed by atoms with Crippen LogP contribution in [0.2, 0.25) is 0 Å². The van der Waals surface area contributed by atoms with E-state index in [1.54, 1.807) is 36.4 Å². The summed E-state index contributed by atoms with van der Waals surface area (Å²) in [5.41, 5.74) is 5.81. The highest BCUT2D eigenvalue weighted by atomic mass is 16.5. The van der Waals surface area contributed by atoms with Gasteiger partial charge < -0.3 is 24.3 Å². The van der Waals surface area contributed by atoms with Crippen LogP contribution in [0.15, 0.2) is 36.4 Å². The number of hydrazine groups is 1.